The first-order chi connectivity index (χ1) is 12.2. The van der Waals surface area contributed by atoms with Gasteiger partial charge in [0, 0.05) is 36.3 Å². The van der Waals surface area contributed by atoms with E-state index in [2.05, 4.69) is 64.9 Å². The van der Waals surface area contributed by atoms with Crippen molar-refractivity contribution in [2.24, 2.45) is 5.92 Å². The number of rotatable bonds is 4. The van der Waals surface area contributed by atoms with Crippen LogP contribution < -0.4 is 0 Å². The Balaban J connectivity index is 1.66. The normalized spacial score (nSPS) is 20.1. The van der Waals surface area contributed by atoms with Crippen molar-refractivity contribution >= 4 is 0 Å². The SMILES string of the molecule is Cc1cccc(-c2nccn2[C@@H]2COC[C@H]2Cc2ccncc2)c1C. The molecular weight excluding hydrogens is 310 g/mol. The number of nitrogens with zero attached hydrogens (tertiary/aromatic N) is 3. The van der Waals surface area contributed by atoms with Crippen molar-refractivity contribution in [3.63, 3.8) is 0 Å². The molecule has 0 amide bonds. The molecule has 3 aromatic rings. The molecule has 1 fully saturated rings. The summed E-state index contributed by atoms with van der Waals surface area (Å²) in [6.07, 6.45) is 8.71. The second-order valence-electron chi connectivity index (χ2n) is 6.83. The number of aromatic nitrogens is 3. The Bertz CT molecular complexity index is 857. The molecule has 0 N–H and O–H groups in total. The van der Waals surface area contributed by atoms with Gasteiger partial charge in [0.2, 0.25) is 0 Å². The molecule has 0 unspecified atom stereocenters. The molecule has 4 nitrogen and oxygen atoms in total. The van der Waals surface area contributed by atoms with E-state index in [0.29, 0.717) is 12.0 Å². The van der Waals surface area contributed by atoms with Crippen LogP contribution in [0.25, 0.3) is 11.4 Å². The first-order valence-electron chi connectivity index (χ1n) is 8.80. The molecule has 1 saturated heterocycles. The minimum absolute atomic E-state index is 0.311. The van der Waals surface area contributed by atoms with Crippen molar-refractivity contribution in [1.29, 1.82) is 0 Å². The van der Waals surface area contributed by atoms with Crippen molar-refractivity contribution in [1.82, 2.24) is 14.5 Å². The minimum atomic E-state index is 0.311. The highest BCUT2D eigenvalue weighted by Crippen LogP contribution is 2.33. The summed E-state index contributed by atoms with van der Waals surface area (Å²) >= 11 is 0. The standard InChI is InChI=1S/C21H23N3O/c1-15-4-3-5-19(16(15)2)21-23-10-11-24(21)20-14-25-13-18(20)12-17-6-8-22-9-7-17/h3-11,18,20H,12-14H2,1-2H3/t18-,20-/m1/s1. The number of hydrogen-bond acceptors (Lipinski definition) is 3. The molecule has 1 aliphatic rings. The maximum Gasteiger partial charge on any atom is 0.140 e. The Morgan fingerprint density at radius 3 is 2.76 bits per heavy atom. The Morgan fingerprint density at radius 1 is 1.08 bits per heavy atom. The van der Waals surface area contributed by atoms with Gasteiger partial charge in [-0.25, -0.2) is 4.98 Å². The maximum absolute atomic E-state index is 5.85. The van der Waals surface area contributed by atoms with E-state index in [1.807, 2.05) is 18.6 Å². The molecule has 2 atom stereocenters. The van der Waals surface area contributed by atoms with Gasteiger partial charge in [0.25, 0.3) is 0 Å². The van der Waals surface area contributed by atoms with E-state index in [1.165, 1.54) is 22.3 Å². The van der Waals surface area contributed by atoms with E-state index in [0.717, 1.165) is 25.5 Å². The predicted octanol–water partition coefficient (Wildman–Crippen LogP) is 3.99. The maximum atomic E-state index is 5.85. The zero-order valence-corrected chi connectivity index (χ0v) is 14.7. The fourth-order valence-corrected chi connectivity index (χ4v) is 3.69. The molecule has 4 heteroatoms. The van der Waals surface area contributed by atoms with Gasteiger partial charge in [0.1, 0.15) is 5.82 Å². The summed E-state index contributed by atoms with van der Waals surface area (Å²) in [7, 11) is 0. The molecule has 25 heavy (non-hydrogen) atoms. The van der Waals surface area contributed by atoms with Gasteiger partial charge >= 0.3 is 0 Å². The molecule has 0 saturated carbocycles. The molecule has 3 heterocycles. The zero-order valence-electron chi connectivity index (χ0n) is 14.7. The molecule has 2 aromatic heterocycles. The number of aryl methyl sites for hydroxylation is 1. The van der Waals surface area contributed by atoms with Crippen LogP contribution >= 0.6 is 0 Å². The largest absolute Gasteiger partial charge is 0.379 e. The van der Waals surface area contributed by atoms with Crippen LogP contribution in [0, 0.1) is 19.8 Å². The number of imidazole rings is 1. The number of ether oxygens (including phenoxy) is 1. The fourth-order valence-electron chi connectivity index (χ4n) is 3.69. The first-order valence-corrected chi connectivity index (χ1v) is 8.80. The molecular formula is C21H23N3O. The van der Waals surface area contributed by atoms with Gasteiger partial charge in [-0.2, -0.15) is 0 Å². The summed E-state index contributed by atoms with van der Waals surface area (Å²) in [4.78, 5) is 8.79. The summed E-state index contributed by atoms with van der Waals surface area (Å²) in [5.74, 6) is 1.48. The third-order valence-corrected chi connectivity index (χ3v) is 5.28. The lowest BCUT2D eigenvalue weighted by molar-refractivity contribution is 0.181. The van der Waals surface area contributed by atoms with Crippen molar-refractivity contribution < 1.29 is 4.74 Å². The van der Waals surface area contributed by atoms with Crippen LogP contribution in [-0.2, 0) is 11.2 Å². The third-order valence-electron chi connectivity index (χ3n) is 5.28. The van der Waals surface area contributed by atoms with Gasteiger partial charge in [-0.15, -0.1) is 0 Å². The summed E-state index contributed by atoms with van der Waals surface area (Å²) in [6.45, 7) is 5.85. The highest BCUT2D eigenvalue weighted by atomic mass is 16.5. The molecule has 0 aliphatic carbocycles. The highest BCUT2D eigenvalue weighted by molar-refractivity contribution is 5.62. The quantitative estimate of drug-likeness (QED) is 0.725. The minimum Gasteiger partial charge on any atom is -0.379 e. The van der Waals surface area contributed by atoms with Crippen LogP contribution in [0.3, 0.4) is 0 Å². The highest BCUT2D eigenvalue weighted by Gasteiger charge is 2.31. The van der Waals surface area contributed by atoms with Crippen LogP contribution in [-0.4, -0.2) is 27.7 Å². The van der Waals surface area contributed by atoms with E-state index in [-0.39, 0.29) is 0 Å². The second-order valence-corrected chi connectivity index (χ2v) is 6.83. The number of hydrogen-bond donors (Lipinski definition) is 0. The van der Waals surface area contributed by atoms with Crippen LogP contribution in [0.1, 0.15) is 22.7 Å². The average molecular weight is 333 g/mol. The van der Waals surface area contributed by atoms with Crippen LogP contribution in [0.4, 0.5) is 0 Å². The molecule has 0 bridgehead atoms. The van der Waals surface area contributed by atoms with E-state index in [1.54, 1.807) is 0 Å². The number of benzene rings is 1. The van der Waals surface area contributed by atoms with Gasteiger partial charge in [-0.05, 0) is 49.1 Å². The van der Waals surface area contributed by atoms with Gasteiger partial charge in [0.05, 0.1) is 19.3 Å². The second kappa shape index (κ2) is 6.81. The Hall–Kier alpha value is -2.46. The third kappa shape index (κ3) is 3.10. The summed E-state index contributed by atoms with van der Waals surface area (Å²) in [5, 5.41) is 0. The molecule has 0 spiro atoms. The average Bonchev–Trinajstić information content (AvgIpc) is 3.27. The van der Waals surface area contributed by atoms with E-state index in [9.17, 15) is 0 Å². The van der Waals surface area contributed by atoms with Crippen molar-refractivity contribution in [3.8, 4) is 11.4 Å². The van der Waals surface area contributed by atoms with Crippen molar-refractivity contribution in [2.45, 2.75) is 26.3 Å². The van der Waals surface area contributed by atoms with Crippen LogP contribution in [0.2, 0.25) is 0 Å². The first kappa shape index (κ1) is 16.0. The fraction of sp³-hybridized carbons (Fsp3) is 0.333. The lowest BCUT2D eigenvalue weighted by Crippen LogP contribution is -2.20. The van der Waals surface area contributed by atoms with Gasteiger partial charge in [0.15, 0.2) is 0 Å². The van der Waals surface area contributed by atoms with Crippen molar-refractivity contribution in [2.75, 3.05) is 13.2 Å². The van der Waals surface area contributed by atoms with Gasteiger partial charge in [-0.1, -0.05) is 18.2 Å². The van der Waals surface area contributed by atoms with Crippen LogP contribution in [0.5, 0.6) is 0 Å². The summed E-state index contributed by atoms with van der Waals surface area (Å²) < 4.78 is 8.15. The topological polar surface area (TPSA) is 39.9 Å². The van der Waals surface area contributed by atoms with E-state index >= 15 is 0 Å². The molecule has 128 valence electrons. The zero-order chi connectivity index (χ0) is 17.2. The number of pyridine rings is 1. The predicted molar refractivity (Wildman–Crippen MR) is 98.4 cm³/mol. The van der Waals surface area contributed by atoms with E-state index < -0.39 is 0 Å². The van der Waals surface area contributed by atoms with Gasteiger partial charge in [-0.3, -0.25) is 4.98 Å². The van der Waals surface area contributed by atoms with Crippen LogP contribution in [0.15, 0.2) is 55.1 Å². The van der Waals surface area contributed by atoms with Crippen molar-refractivity contribution in [3.05, 3.63) is 71.8 Å². The summed E-state index contributed by atoms with van der Waals surface area (Å²) in [5.41, 5.74) is 5.10. The Morgan fingerprint density at radius 2 is 1.92 bits per heavy atom. The van der Waals surface area contributed by atoms with Gasteiger partial charge < -0.3 is 9.30 Å². The Labute approximate surface area is 148 Å². The lowest BCUT2D eigenvalue weighted by atomic mass is 9.94. The Kier molecular flexibility index (Phi) is 4.36. The molecule has 4 rings (SSSR count). The lowest BCUT2D eigenvalue weighted by Gasteiger charge is -2.22. The smallest absolute Gasteiger partial charge is 0.140 e. The molecule has 1 aromatic carbocycles. The molecule has 0 radical (unpaired) electrons. The van der Waals surface area contributed by atoms with E-state index in [4.69, 9.17) is 4.74 Å². The molecule has 1 aliphatic heterocycles. The summed E-state index contributed by atoms with van der Waals surface area (Å²) in [6, 6.07) is 10.9. The monoisotopic (exact) mass is 333 g/mol.